The van der Waals surface area contributed by atoms with Crippen LogP contribution in [0.3, 0.4) is 0 Å². The topological polar surface area (TPSA) is 96.5 Å². The average molecular weight is 387 g/mol. The van der Waals surface area contributed by atoms with Gasteiger partial charge in [0.25, 0.3) is 0 Å². The first-order valence-electron chi connectivity index (χ1n) is 10.0. The number of H-pyrrole nitrogens is 1. The summed E-state index contributed by atoms with van der Waals surface area (Å²) in [6.07, 6.45) is 5.00. The van der Waals surface area contributed by atoms with E-state index in [1.54, 1.807) is 0 Å². The van der Waals surface area contributed by atoms with Crippen molar-refractivity contribution in [1.82, 2.24) is 25.8 Å². The molecule has 8 heteroatoms. The molecule has 1 saturated heterocycles. The largest absolute Gasteiger partial charge is 0.379 e. The second-order valence-corrected chi connectivity index (χ2v) is 6.72. The number of nitrogens with zero attached hydrogens (tertiary/aromatic N) is 3. The molecule has 1 aliphatic rings. The van der Waals surface area contributed by atoms with Crippen LogP contribution in [0.1, 0.15) is 31.7 Å². The van der Waals surface area contributed by atoms with Crippen LogP contribution < -0.4 is 10.6 Å². The van der Waals surface area contributed by atoms with Gasteiger partial charge in [0, 0.05) is 31.9 Å². The van der Waals surface area contributed by atoms with E-state index in [4.69, 9.17) is 9.47 Å². The van der Waals surface area contributed by atoms with Crippen molar-refractivity contribution >= 4 is 5.96 Å². The van der Waals surface area contributed by atoms with Gasteiger partial charge in [0.05, 0.1) is 19.3 Å². The zero-order chi connectivity index (χ0) is 19.4. The number of aliphatic imine (C=N–C) groups is 1. The Kier molecular flexibility index (Phi) is 8.26. The van der Waals surface area contributed by atoms with Crippen molar-refractivity contribution in [2.24, 2.45) is 4.99 Å². The van der Waals surface area contributed by atoms with E-state index in [0.29, 0.717) is 19.3 Å². The number of ether oxygens (including phenoxy) is 2. The minimum absolute atomic E-state index is 0.291. The molecule has 1 fully saturated rings. The molecule has 152 valence electrons. The summed E-state index contributed by atoms with van der Waals surface area (Å²) >= 11 is 0. The number of hydrogen-bond donors (Lipinski definition) is 3. The molecule has 1 aromatic carbocycles. The van der Waals surface area contributed by atoms with Crippen molar-refractivity contribution in [3.8, 4) is 11.4 Å². The predicted molar refractivity (Wildman–Crippen MR) is 109 cm³/mol. The lowest BCUT2D eigenvalue weighted by Gasteiger charge is -2.13. The van der Waals surface area contributed by atoms with Crippen LogP contribution >= 0.6 is 0 Å². The smallest absolute Gasteiger partial charge is 0.191 e. The van der Waals surface area contributed by atoms with E-state index < -0.39 is 0 Å². The lowest BCUT2D eigenvalue weighted by Crippen LogP contribution is -2.38. The Morgan fingerprint density at radius 3 is 3.14 bits per heavy atom. The number of nitrogens with one attached hydrogen (secondary N) is 3. The van der Waals surface area contributed by atoms with Gasteiger partial charge in [-0.05, 0) is 37.8 Å². The Labute approximate surface area is 166 Å². The van der Waals surface area contributed by atoms with Crippen molar-refractivity contribution in [3.63, 3.8) is 0 Å². The van der Waals surface area contributed by atoms with Gasteiger partial charge in [-0.1, -0.05) is 18.2 Å². The van der Waals surface area contributed by atoms with Crippen LogP contribution in [0.5, 0.6) is 0 Å². The highest BCUT2D eigenvalue weighted by Gasteiger charge is 2.14. The first-order valence-corrected chi connectivity index (χ1v) is 10.0. The number of hydrogen-bond acceptors (Lipinski definition) is 5. The summed E-state index contributed by atoms with van der Waals surface area (Å²) in [4.78, 5) is 8.87. The molecule has 2 heterocycles. The lowest BCUT2D eigenvalue weighted by atomic mass is 10.1. The van der Waals surface area contributed by atoms with Crippen LogP contribution in [0.15, 0.2) is 35.6 Å². The van der Waals surface area contributed by atoms with Crippen molar-refractivity contribution in [2.45, 2.75) is 38.8 Å². The highest BCUT2D eigenvalue weighted by Crippen LogP contribution is 2.16. The predicted octanol–water partition coefficient (Wildman–Crippen LogP) is 2.11. The molecule has 1 unspecified atom stereocenters. The molecule has 3 rings (SSSR count). The van der Waals surface area contributed by atoms with Gasteiger partial charge in [-0.15, -0.1) is 0 Å². The molecule has 2 aromatic rings. The maximum atomic E-state index is 5.70. The monoisotopic (exact) mass is 386 g/mol. The number of guanidine groups is 1. The van der Waals surface area contributed by atoms with E-state index in [1.165, 1.54) is 6.33 Å². The molecule has 0 bridgehead atoms. The summed E-state index contributed by atoms with van der Waals surface area (Å²) in [6, 6.07) is 8.15. The zero-order valence-electron chi connectivity index (χ0n) is 16.5. The Balaban J connectivity index is 1.41. The molecule has 28 heavy (non-hydrogen) atoms. The molecule has 1 aliphatic heterocycles. The summed E-state index contributed by atoms with van der Waals surface area (Å²) in [5, 5.41) is 13.4. The van der Waals surface area contributed by atoms with Gasteiger partial charge in [0.2, 0.25) is 0 Å². The summed E-state index contributed by atoms with van der Waals surface area (Å²) in [7, 11) is 0. The molecule has 0 aliphatic carbocycles. The van der Waals surface area contributed by atoms with Crippen LogP contribution in [0.25, 0.3) is 11.4 Å². The van der Waals surface area contributed by atoms with E-state index in [0.717, 1.165) is 68.5 Å². The first-order chi connectivity index (χ1) is 13.8. The lowest BCUT2D eigenvalue weighted by molar-refractivity contribution is 0.0168. The van der Waals surface area contributed by atoms with E-state index in [2.05, 4.69) is 49.9 Å². The number of aromatic nitrogens is 3. The summed E-state index contributed by atoms with van der Waals surface area (Å²) in [5.41, 5.74) is 2.12. The maximum absolute atomic E-state index is 5.70. The molecule has 0 saturated carbocycles. The fraction of sp³-hybridized carbons (Fsp3) is 0.550. The van der Waals surface area contributed by atoms with Gasteiger partial charge in [-0.3, -0.25) is 5.10 Å². The highest BCUT2D eigenvalue weighted by molar-refractivity contribution is 5.79. The van der Waals surface area contributed by atoms with Crippen LogP contribution in [0, 0.1) is 0 Å². The fourth-order valence-corrected chi connectivity index (χ4v) is 3.05. The molecule has 1 aromatic heterocycles. The summed E-state index contributed by atoms with van der Waals surface area (Å²) in [6.45, 7) is 6.59. The zero-order valence-corrected chi connectivity index (χ0v) is 16.5. The second kappa shape index (κ2) is 11.4. The Bertz CT molecular complexity index is 713. The SMILES string of the molecule is CCNC(=NCc1cccc(-c2ncn[nH]2)c1)NCCCOCC1CCCO1. The van der Waals surface area contributed by atoms with Gasteiger partial charge in [0.1, 0.15) is 6.33 Å². The second-order valence-electron chi connectivity index (χ2n) is 6.72. The molecule has 0 spiro atoms. The average Bonchev–Trinajstić information content (AvgIpc) is 3.43. The summed E-state index contributed by atoms with van der Waals surface area (Å²) < 4.78 is 11.3. The molecule has 8 nitrogen and oxygen atoms in total. The van der Waals surface area contributed by atoms with Gasteiger partial charge in [-0.25, -0.2) is 9.98 Å². The van der Waals surface area contributed by atoms with Gasteiger partial charge in [0.15, 0.2) is 11.8 Å². The summed E-state index contributed by atoms with van der Waals surface area (Å²) in [5.74, 6) is 1.57. The number of rotatable bonds is 10. The Morgan fingerprint density at radius 1 is 1.39 bits per heavy atom. The standard InChI is InChI=1S/C20H30N6O2/c1-2-21-20(22-9-5-10-27-14-18-8-4-11-28-18)23-13-16-6-3-7-17(12-16)19-24-15-25-26-19/h3,6-7,12,15,18H,2,4-5,8-11,13-14H2,1H3,(H2,21,22,23)(H,24,25,26). The van der Waals surface area contributed by atoms with Crippen LogP contribution in [-0.4, -0.2) is 60.2 Å². The van der Waals surface area contributed by atoms with Gasteiger partial charge < -0.3 is 20.1 Å². The minimum Gasteiger partial charge on any atom is -0.379 e. The van der Waals surface area contributed by atoms with Crippen molar-refractivity contribution in [3.05, 3.63) is 36.2 Å². The molecule has 0 amide bonds. The molecule has 0 radical (unpaired) electrons. The first kappa shape index (κ1) is 20.3. The van der Waals surface area contributed by atoms with Gasteiger partial charge in [-0.2, -0.15) is 5.10 Å². The van der Waals surface area contributed by atoms with E-state index in [9.17, 15) is 0 Å². The van der Waals surface area contributed by atoms with Crippen molar-refractivity contribution in [2.75, 3.05) is 32.9 Å². The van der Waals surface area contributed by atoms with Crippen LogP contribution in [-0.2, 0) is 16.0 Å². The maximum Gasteiger partial charge on any atom is 0.191 e. The number of benzene rings is 1. The number of aromatic amines is 1. The quantitative estimate of drug-likeness (QED) is 0.329. The molecule has 1 atom stereocenters. The van der Waals surface area contributed by atoms with E-state index in [-0.39, 0.29) is 0 Å². The van der Waals surface area contributed by atoms with Crippen LogP contribution in [0.4, 0.5) is 0 Å². The Morgan fingerprint density at radius 2 is 2.36 bits per heavy atom. The van der Waals surface area contributed by atoms with E-state index >= 15 is 0 Å². The van der Waals surface area contributed by atoms with Crippen molar-refractivity contribution in [1.29, 1.82) is 0 Å². The third kappa shape index (κ3) is 6.61. The molecule has 3 N–H and O–H groups in total. The minimum atomic E-state index is 0.291. The van der Waals surface area contributed by atoms with Crippen molar-refractivity contribution < 1.29 is 9.47 Å². The van der Waals surface area contributed by atoms with Gasteiger partial charge >= 0.3 is 0 Å². The third-order valence-corrected chi connectivity index (χ3v) is 4.47. The third-order valence-electron chi connectivity index (χ3n) is 4.47. The Hall–Kier alpha value is -2.45. The van der Waals surface area contributed by atoms with E-state index in [1.807, 2.05) is 12.1 Å². The molecular formula is C20H30N6O2. The highest BCUT2D eigenvalue weighted by atomic mass is 16.5. The van der Waals surface area contributed by atoms with Crippen LogP contribution in [0.2, 0.25) is 0 Å². The molecular weight excluding hydrogens is 356 g/mol. The normalized spacial score (nSPS) is 17.0. The fourth-order valence-electron chi connectivity index (χ4n) is 3.05.